The fourth-order valence-corrected chi connectivity index (χ4v) is 2.28. The Balaban J connectivity index is 1.84. The van der Waals surface area contributed by atoms with Crippen molar-refractivity contribution in [1.82, 2.24) is 20.4 Å². The Bertz CT molecular complexity index is 755. The Hall–Kier alpha value is -2.90. The molecule has 0 saturated heterocycles. The normalized spacial score (nSPS) is 11.9. The number of aromatic amines is 1. The van der Waals surface area contributed by atoms with Gasteiger partial charge in [0.2, 0.25) is 5.91 Å². The van der Waals surface area contributed by atoms with E-state index in [2.05, 4.69) is 15.5 Å². The van der Waals surface area contributed by atoms with E-state index in [9.17, 15) is 14.4 Å². The summed E-state index contributed by atoms with van der Waals surface area (Å²) in [6, 6.07) is 7.27. The van der Waals surface area contributed by atoms with Crippen molar-refractivity contribution in [1.29, 1.82) is 0 Å². The van der Waals surface area contributed by atoms with E-state index in [1.54, 1.807) is 13.1 Å². The minimum atomic E-state index is -0.951. The molecule has 1 aromatic carbocycles. The predicted octanol–water partition coefficient (Wildman–Crippen LogP) is 0.862. The van der Waals surface area contributed by atoms with Crippen LogP contribution in [-0.2, 0) is 9.59 Å². The lowest BCUT2D eigenvalue weighted by Crippen LogP contribution is -2.36. The highest BCUT2D eigenvalue weighted by Crippen LogP contribution is 2.14. The molecule has 1 unspecified atom stereocenters. The van der Waals surface area contributed by atoms with Crippen molar-refractivity contribution < 1.29 is 19.5 Å². The first-order chi connectivity index (χ1) is 11.4. The SMILES string of the molecule is CC(CN(C)C(=O)CCNC(=O)c1n[nH]c2ccccc12)C(=O)O. The summed E-state index contributed by atoms with van der Waals surface area (Å²) >= 11 is 0. The summed E-state index contributed by atoms with van der Waals surface area (Å²) in [5.41, 5.74) is 1.05. The van der Waals surface area contributed by atoms with Crippen LogP contribution in [0.4, 0.5) is 0 Å². The molecule has 0 radical (unpaired) electrons. The summed E-state index contributed by atoms with van der Waals surface area (Å²) < 4.78 is 0. The van der Waals surface area contributed by atoms with Gasteiger partial charge in [0.15, 0.2) is 5.69 Å². The lowest BCUT2D eigenvalue weighted by molar-refractivity contribution is -0.142. The lowest BCUT2D eigenvalue weighted by atomic mass is 10.1. The van der Waals surface area contributed by atoms with Crippen LogP contribution in [-0.4, -0.2) is 58.1 Å². The van der Waals surface area contributed by atoms with Crippen LogP contribution in [0.25, 0.3) is 10.9 Å². The number of amides is 2. The molecular formula is C16H20N4O4. The summed E-state index contributed by atoms with van der Waals surface area (Å²) in [6.07, 6.45) is 0.0942. The molecule has 0 spiro atoms. The van der Waals surface area contributed by atoms with E-state index in [1.807, 2.05) is 18.2 Å². The molecule has 3 N–H and O–H groups in total. The number of carboxylic acid groups (broad SMARTS) is 1. The zero-order valence-electron chi connectivity index (χ0n) is 13.6. The van der Waals surface area contributed by atoms with Gasteiger partial charge in [0.05, 0.1) is 11.4 Å². The van der Waals surface area contributed by atoms with Crippen molar-refractivity contribution in [3.63, 3.8) is 0 Å². The number of aliphatic carboxylic acids is 1. The first-order valence-electron chi connectivity index (χ1n) is 7.58. The van der Waals surface area contributed by atoms with Gasteiger partial charge >= 0.3 is 5.97 Å². The van der Waals surface area contributed by atoms with Crippen molar-refractivity contribution in [2.75, 3.05) is 20.1 Å². The molecule has 0 bridgehead atoms. The summed E-state index contributed by atoms with van der Waals surface area (Å²) in [4.78, 5) is 36.2. The number of H-pyrrole nitrogens is 1. The molecule has 0 aliphatic rings. The van der Waals surface area contributed by atoms with Crippen LogP contribution in [0.2, 0.25) is 0 Å². The Labute approximate surface area is 138 Å². The van der Waals surface area contributed by atoms with Gasteiger partial charge in [0, 0.05) is 31.9 Å². The molecule has 24 heavy (non-hydrogen) atoms. The number of hydrogen-bond acceptors (Lipinski definition) is 4. The molecule has 2 amide bonds. The number of nitrogens with one attached hydrogen (secondary N) is 2. The molecule has 2 rings (SSSR count). The molecule has 1 atom stereocenters. The van der Waals surface area contributed by atoms with E-state index < -0.39 is 11.9 Å². The van der Waals surface area contributed by atoms with Crippen molar-refractivity contribution >= 4 is 28.7 Å². The fraction of sp³-hybridized carbons (Fsp3) is 0.375. The minimum absolute atomic E-state index is 0.0942. The lowest BCUT2D eigenvalue weighted by Gasteiger charge is -2.19. The first-order valence-corrected chi connectivity index (χ1v) is 7.58. The molecule has 8 nitrogen and oxygen atoms in total. The van der Waals surface area contributed by atoms with E-state index in [4.69, 9.17) is 5.11 Å². The van der Waals surface area contributed by atoms with Crippen molar-refractivity contribution in [3.8, 4) is 0 Å². The monoisotopic (exact) mass is 332 g/mol. The number of rotatable bonds is 7. The Morgan fingerprint density at radius 3 is 2.75 bits per heavy atom. The van der Waals surface area contributed by atoms with Gasteiger partial charge in [-0.05, 0) is 6.07 Å². The summed E-state index contributed by atoms with van der Waals surface area (Å²) in [5, 5.41) is 19.0. The maximum Gasteiger partial charge on any atom is 0.308 e. The first kappa shape index (κ1) is 17.5. The Morgan fingerprint density at radius 1 is 1.33 bits per heavy atom. The number of para-hydroxylation sites is 1. The van der Waals surface area contributed by atoms with Crippen LogP contribution in [0.5, 0.6) is 0 Å². The van der Waals surface area contributed by atoms with E-state index >= 15 is 0 Å². The molecule has 8 heteroatoms. The highest BCUT2D eigenvalue weighted by molar-refractivity contribution is 6.04. The number of nitrogens with zero attached hydrogens (tertiary/aromatic N) is 2. The van der Waals surface area contributed by atoms with Crippen molar-refractivity contribution in [3.05, 3.63) is 30.0 Å². The van der Waals surface area contributed by atoms with E-state index in [0.717, 1.165) is 5.52 Å². The van der Waals surface area contributed by atoms with Crippen LogP contribution >= 0.6 is 0 Å². The predicted molar refractivity (Wildman–Crippen MR) is 87.5 cm³/mol. The smallest absolute Gasteiger partial charge is 0.308 e. The third kappa shape index (κ3) is 4.09. The van der Waals surface area contributed by atoms with Crippen molar-refractivity contribution in [2.45, 2.75) is 13.3 Å². The second kappa shape index (κ2) is 7.58. The van der Waals surface area contributed by atoms with E-state index in [0.29, 0.717) is 5.39 Å². The summed E-state index contributed by atoms with van der Waals surface area (Å²) in [6.45, 7) is 1.83. The minimum Gasteiger partial charge on any atom is -0.481 e. The van der Waals surface area contributed by atoms with Gasteiger partial charge in [-0.2, -0.15) is 5.10 Å². The maximum absolute atomic E-state index is 12.1. The van der Waals surface area contributed by atoms with Gasteiger partial charge in [-0.1, -0.05) is 25.1 Å². The highest BCUT2D eigenvalue weighted by atomic mass is 16.4. The van der Waals surface area contributed by atoms with Gasteiger partial charge in [-0.3, -0.25) is 19.5 Å². The van der Waals surface area contributed by atoms with E-state index in [1.165, 1.54) is 11.8 Å². The van der Waals surface area contributed by atoms with Crippen LogP contribution in [0.3, 0.4) is 0 Å². The van der Waals surface area contributed by atoms with Gasteiger partial charge in [0.1, 0.15) is 0 Å². The Kier molecular flexibility index (Phi) is 5.51. The molecule has 0 aliphatic carbocycles. The number of hydrogen-bond donors (Lipinski definition) is 3. The van der Waals surface area contributed by atoms with Crippen LogP contribution in [0, 0.1) is 5.92 Å². The molecule has 0 aliphatic heterocycles. The molecule has 0 saturated carbocycles. The Morgan fingerprint density at radius 2 is 2.04 bits per heavy atom. The largest absolute Gasteiger partial charge is 0.481 e. The molecular weight excluding hydrogens is 312 g/mol. The average Bonchev–Trinajstić information content (AvgIpc) is 2.98. The fourth-order valence-electron chi connectivity index (χ4n) is 2.28. The molecule has 2 aromatic rings. The second-order valence-corrected chi connectivity index (χ2v) is 5.64. The second-order valence-electron chi connectivity index (χ2n) is 5.64. The number of benzene rings is 1. The van der Waals surface area contributed by atoms with Gasteiger partial charge in [-0.25, -0.2) is 0 Å². The quantitative estimate of drug-likeness (QED) is 0.695. The molecule has 0 fully saturated rings. The van der Waals surface area contributed by atoms with Gasteiger partial charge in [-0.15, -0.1) is 0 Å². The summed E-state index contributed by atoms with van der Waals surface area (Å²) in [7, 11) is 1.55. The number of carbonyl (C=O) groups excluding carboxylic acids is 2. The third-order valence-electron chi connectivity index (χ3n) is 3.70. The van der Waals surface area contributed by atoms with Crippen molar-refractivity contribution in [2.24, 2.45) is 5.92 Å². The zero-order valence-corrected chi connectivity index (χ0v) is 13.6. The molecule has 1 aromatic heterocycles. The maximum atomic E-state index is 12.1. The van der Waals surface area contributed by atoms with Gasteiger partial charge < -0.3 is 15.3 Å². The zero-order chi connectivity index (χ0) is 17.7. The molecule has 128 valence electrons. The van der Waals surface area contributed by atoms with Gasteiger partial charge in [0.25, 0.3) is 5.91 Å². The van der Waals surface area contributed by atoms with Crippen LogP contribution in [0.15, 0.2) is 24.3 Å². The average molecular weight is 332 g/mol. The third-order valence-corrected chi connectivity index (χ3v) is 3.70. The van der Waals surface area contributed by atoms with Crippen LogP contribution in [0.1, 0.15) is 23.8 Å². The topological polar surface area (TPSA) is 115 Å². The highest BCUT2D eigenvalue weighted by Gasteiger charge is 2.18. The standard InChI is InChI=1S/C16H20N4O4/c1-10(16(23)24)9-20(2)13(21)7-8-17-15(22)14-11-5-3-4-6-12(11)18-19-14/h3-6,10H,7-9H2,1-2H3,(H,17,22)(H,18,19)(H,23,24). The van der Waals surface area contributed by atoms with Crippen LogP contribution < -0.4 is 5.32 Å². The number of aromatic nitrogens is 2. The molecule has 1 heterocycles. The number of fused-ring (bicyclic) bond motifs is 1. The summed E-state index contributed by atoms with van der Waals surface area (Å²) in [5.74, 6) is -2.17. The number of carbonyl (C=O) groups is 3. The number of carboxylic acids is 1. The van der Waals surface area contributed by atoms with E-state index in [-0.39, 0.29) is 37.0 Å².